The molecule has 1 N–H and O–H groups in total. The fourth-order valence-electron chi connectivity index (χ4n) is 1.85. The highest BCUT2D eigenvalue weighted by Gasteiger charge is 2.11. The summed E-state index contributed by atoms with van der Waals surface area (Å²) in [6.07, 6.45) is 0.475. The quantitative estimate of drug-likeness (QED) is 0.891. The molecule has 21 heavy (non-hydrogen) atoms. The van der Waals surface area contributed by atoms with Gasteiger partial charge < -0.3 is 0 Å². The molecule has 0 amide bonds. The summed E-state index contributed by atoms with van der Waals surface area (Å²) in [7, 11) is -3.47. The molecule has 0 aliphatic rings. The number of halogens is 2. The van der Waals surface area contributed by atoms with Crippen molar-refractivity contribution in [2.75, 3.05) is 6.54 Å². The molecular formula is C15H15F2NO2S. The van der Waals surface area contributed by atoms with E-state index in [1.807, 2.05) is 0 Å². The Labute approximate surface area is 122 Å². The second-order valence-electron chi connectivity index (χ2n) is 4.66. The van der Waals surface area contributed by atoms with Gasteiger partial charge in [0.15, 0.2) is 0 Å². The van der Waals surface area contributed by atoms with E-state index in [9.17, 15) is 17.2 Å². The van der Waals surface area contributed by atoms with E-state index in [2.05, 4.69) is 4.72 Å². The Morgan fingerprint density at radius 3 is 1.81 bits per heavy atom. The first-order valence-electron chi connectivity index (χ1n) is 6.41. The lowest BCUT2D eigenvalue weighted by Gasteiger charge is -2.07. The smallest absolute Gasteiger partial charge is 0.215 e. The molecule has 2 aromatic rings. The van der Waals surface area contributed by atoms with Crippen LogP contribution in [0.15, 0.2) is 48.5 Å². The molecule has 0 saturated heterocycles. The maximum absolute atomic E-state index is 12.7. The molecule has 3 nitrogen and oxygen atoms in total. The van der Waals surface area contributed by atoms with Crippen molar-refractivity contribution in [1.82, 2.24) is 4.72 Å². The van der Waals surface area contributed by atoms with E-state index in [1.54, 1.807) is 12.1 Å². The van der Waals surface area contributed by atoms with Crippen LogP contribution in [-0.2, 0) is 22.2 Å². The largest absolute Gasteiger partial charge is 0.215 e. The second-order valence-corrected chi connectivity index (χ2v) is 6.46. The molecule has 0 aliphatic carbocycles. The van der Waals surface area contributed by atoms with Gasteiger partial charge in [-0.2, -0.15) is 0 Å². The molecule has 0 aliphatic heterocycles. The molecule has 0 unspecified atom stereocenters. The summed E-state index contributed by atoms with van der Waals surface area (Å²) in [4.78, 5) is 0. The first-order chi connectivity index (χ1) is 9.94. The number of benzene rings is 2. The molecule has 112 valence electrons. The van der Waals surface area contributed by atoms with Gasteiger partial charge in [0.25, 0.3) is 0 Å². The van der Waals surface area contributed by atoms with Crippen LogP contribution in [0.1, 0.15) is 11.1 Å². The van der Waals surface area contributed by atoms with Crippen molar-refractivity contribution in [3.8, 4) is 0 Å². The van der Waals surface area contributed by atoms with Crippen LogP contribution in [0.3, 0.4) is 0 Å². The van der Waals surface area contributed by atoms with E-state index in [0.29, 0.717) is 12.0 Å². The van der Waals surface area contributed by atoms with Crippen LogP contribution >= 0.6 is 0 Å². The Bertz CT molecular complexity index is 683. The minimum Gasteiger partial charge on any atom is -0.215 e. The van der Waals surface area contributed by atoms with Gasteiger partial charge in [0, 0.05) is 6.54 Å². The third-order valence-corrected chi connectivity index (χ3v) is 4.28. The van der Waals surface area contributed by atoms with Crippen LogP contribution in [0.4, 0.5) is 8.78 Å². The Balaban J connectivity index is 1.86. The van der Waals surface area contributed by atoms with Crippen molar-refractivity contribution < 1.29 is 17.2 Å². The van der Waals surface area contributed by atoms with Gasteiger partial charge in [-0.15, -0.1) is 0 Å². The third-order valence-electron chi connectivity index (χ3n) is 2.92. The van der Waals surface area contributed by atoms with Crippen molar-refractivity contribution in [3.05, 3.63) is 71.3 Å². The number of nitrogens with one attached hydrogen (secondary N) is 1. The van der Waals surface area contributed by atoms with Crippen LogP contribution in [0.5, 0.6) is 0 Å². The monoisotopic (exact) mass is 311 g/mol. The number of hydrogen-bond acceptors (Lipinski definition) is 2. The lowest BCUT2D eigenvalue weighted by Crippen LogP contribution is -2.27. The van der Waals surface area contributed by atoms with Crippen molar-refractivity contribution in [2.24, 2.45) is 0 Å². The van der Waals surface area contributed by atoms with Gasteiger partial charge >= 0.3 is 0 Å². The zero-order valence-corrected chi connectivity index (χ0v) is 12.0. The Hall–Kier alpha value is -1.79. The fourth-order valence-corrected chi connectivity index (χ4v) is 3.00. The van der Waals surface area contributed by atoms with E-state index >= 15 is 0 Å². The molecule has 0 atom stereocenters. The van der Waals surface area contributed by atoms with Crippen molar-refractivity contribution in [2.45, 2.75) is 12.2 Å². The average Bonchev–Trinajstić information content (AvgIpc) is 2.43. The predicted molar refractivity (Wildman–Crippen MR) is 77.1 cm³/mol. The highest BCUT2D eigenvalue weighted by molar-refractivity contribution is 7.88. The highest BCUT2D eigenvalue weighted by atomic mass is 32.2. The summed E-state index contributed by atoms with van der Waals surface area (Å²) < 4.78 is 51.7. The van der Waals surface area contributed by atoms with E-state index < -0.39 is 15.8 Å². The second kappa shape index (κ2) is 6.78. The van der Waals surface area contributed by atoms with Gasteiger partial charge in [0.1, 0.15) is 11.6 Å². The molecule has 2 rings (SSSR count). The van der Waals surface area contributed by atoms with Crippen LogP contribution in [0.2, 0.25) is 0 Å². The maximum Gasteiger partial charge on any atom is 0.215 e. The number of rotatable bonds is 6. The summed E-state index contributed by atoms with van der Waals surface area (Å²) in [5.74, 6) is -0.924. The topological polar surface area (TPSA) is 46.2 Å². The summed E-state index contributed by atoms with van der Waals surface area (Å²) in [5.41, 5.74) is 1.37. The van der Waals surface area contributed by atoms with Crippen LogP contribution < -0.4 is 4.72 Å². The Morgan fingerprint density at radius 2 is 1.29 bits per heavy atom. The van der Waals surface area contributed by atoms with E-state index in [-0.39, 0.29) is 18.1 Å². The molecule has 0 bridgehead atoms. The van der Waals surface area contributed by atoms with E-state index in [0.717, 1.165) is 5.56 Å². The van der Waals surface area contributed by atoms with Gasteiger partial charge in [-0.05, 0) is 41.8 Å². The molecule has 0 aromatic heterocycles. The van der Waals surface area contributed by atoms with Crippen molar-refractivity contribution in [1.29, 1.82) is 0 Å². The number of hydrogen-bond donors (Lipinski definition) is 1. The SMILES string of the molecule is O=S(=O)(Cc1ccc(F)cc1)NCCc1ccc(F)cc1. The maximum atomic E-state index is 12.7. The predicted octanol–water partition coefficient (Wildman–Crippen LogP) is 2.63. The average molecular weight is 311 g/mol. The van der Waals surface area contributed by atoms with E-state index in [1.165, 1.54) is 36.4 Å². The van der Waals surface area contributed by atoms with Crippen LogP contribution in [-0.4, -0.2) is 15.0 Å². The van der Waals surface area contributed by atoms with Crippen LogP contribution in [0.25, 0.3) is 0 Å². The standard InChI is InChI=1S/C15H15F2NO2S/c16-14-5-1-12(2-6-14)9-10-18-21(19,20)11-13-3-7-15(17)8-4-13/h1-8,18H,9-11H2. The van der Waals surface area contributed by atoms with Crippen molar-refractivity contribution in [3.63, 3.8) is 0 Å². The van der Waals surface area contributed by atoms with Gasteiger partial charge in [-0.25, -0.2) is 21.9 Å². The molecule has 0 fully saturated rings. The molecule has 2 aromatic carbocycles. The molecule has 6 heteroatoms. The molecule has 0 heterocycles. The molecular weight excluding hydrogens is 296 g/mol. The van der Waals surface area contributed by atoms with Gasteiger partial charge in [-0.3, -0.25) is 0 Å². The molecule has 0 spiro atoms. The molecule has 0 radical (unpaired) electrons. The Morgan fingerprint density at radius 1 is 0.810 bits per heavy atom. The first-order valence-corrected chi connectivity index (χ1v) is 8.06. The highest BCUT2D eigenvalue weighted by Crippen LogP contribution is 2.07. The van der Waals surface area contributed by atoms with Gasteiger partial charge in [0.05, 0.1) is 5.75 Å². The first kappa shape index (κ1) is 15.6. The van der Waals surface area contributed by atoms with Crippen LogP contribution in [0, 0.1) is 11.6 Å². The summed E-state index contributed by atoms with van der Waals surface area (Å²) in [5, 5.41) is 0. The lowest BCUT2D eigenvalue weighted by molar-refractivity contribution is 0.580. The Kier molecular flexibility index (Phi) is 5.03. The number of sulfonamides is 1. The zero-order chi connectivity index (χ0) is 15.3. The lowest BCUT2D eigenvalue weighted by atomic mass is 10.1. The zero-order valence-electron chi connectivity index (χ0n) is 11.2. The van der Waals surface area contributed by atoms with Gasteiger partial charge in [0.2, 0.25) is 10.0 Å². The van der Waals surface area contributed by atoms with E-state index in [4.69, 9.17) is 0 Å². The minimum absolute atomic E-state index is 0.198. The summed E-state index contributed by atoms with van der Waals surface area (Å²) >= 11 is 0. The normalized spacial score (nSPS) is 11.5. The fraction of sp³-hybridized carbons (Fsp3) is 0.200. The third kappa shape index (κ3) is 5.24. The van der Waals surface area contributed by atoms with Gasteiger partial charge in [-0.1, -0.05) is 24.3 Å². The van der Waals surface area contributed by atoms with Crippen molar-refractivity contribution >= 4 is 10.0 Å². The summed E-state index contributed by atoms with van der Waals surface area (Å²) in [6, 6.07) is 11.2. The molecule has 0 saturated carbocycles. The summed E-state index contributed by atoms with van der Waals surface area (Å²) in [6.45, 7) is 0.231. The minimum atomic E-state index is -3.47.